The zero-order chi connectivity index (χ0) is 22.1. The van der Waals surface area contributed by atoms with Crippen molar-refractivity contribution in [1.29, 1.82) is 0 Å². The Bertz CT molecular complexity index is 1100. The first kappa shape index (κ1) is 20.2. The number of methoxy groups -OCH3 is 1. The number of fused-ring (bicyclic) bond motifs is 1. The van der Waals surface area contributed by atoms with Gasteiger partial charge in [0.1, 0.15) is 6.54 Å². The predicted octanol–water partition coefficient (Wildman–Crippen LogP) is 1.71. The number of esters is 1. The summed E-state index contributed by atoms with van der Waals surface area (Å²) in [7, 11) is 1.24. The maximum absolute atomic E-state index is 13.0. The number of hydrogen-bond donors (Lipinski definition) is 1. The molecule has 0 spiro atoms. The molecule has 0 aromatic heterocycles. The van der Waals surface area contributed by atoms with E-state index in [4.69, 9.17) is 4.74 Å². The summed E-state index contributed by atoms with van der Waals surface area (Å²) in [6.45, 7) is 1.58. The average molecular weight is 421 g/mol. The zero-order valence-corrected chi connectivity index (χ0v) is 16.8. The fraction of sp³-hybridized carbons (Fsp3) is 0.238. The first-order valence-corrected chi connectivity index (χ1v) is 9.50. The van der Waals surface area contributed by atoms with Crippen molar-refractivity contribution in [1.82, 2.24) is 5.01 Å². The van der Waals surface area contributed by atoms with Crippen LogP contribution in [-0.2, 0) is 19.1 Å². The molecule has 1 fully saturated rings. The van der Waals surface area contributed by atoms with Gasteiger partial charge in [0.05, 0.1) is 24.0 Å². The molecule has 2 heterocycles. The highest BCUT2D eigenvalue weighted by Gasteiger charge is 2.55. The first-order chi connectivity index (χ1) is 14.9. The number of aryl methyl sites for hydroxylation is 1. The van der Waals surface area contributed by atoms with Crippen molar-refractivity contribution in [3.63, 3.8) is 0 Å². The van der Waals surface area contributed by atoms with Gasteiger partial charge in [-0.15, -0.1) is 0 Å². The van der Waals surface area contributed by atoms with Crippen molar-refractivity contribution in [3.8, 4) is 0 Å². The van der Waals surface area contributed by atoms with E-state index in [9.17, 15) is 19.2 Å². The largest absolute Gasteiger partial charge is 0.465 e. The van der Waals surface area contributed by atoms with Gasteiger partial charge in [-0.2, -0.15) is 5.11 Å². The quantitative estimate of drug-likeness (QED) is 0.580. The lowest BCUT2D eigenvalue weighted by Crippen LogP contribution is -2.43. The van der Waals surface area contributed by atoms with Crippen LogP contribution >= 0.6 is 0 Å². The normalized spacial score (nSPS) is 19.5. The second kappa shape index (κ2) is 7.98. The Balaban J connectivity index is 1.49. The summed E-state index contributed by atoms with van der Waals surface area (Å²) < 4.78 is 4.71. The second-order valence-corrected chi connectivity index (χ2v) is 7.12. The third-order valence-electron chi connectivity index (χ3n) is 5.06. The van der Waals surface area contributed by atoms with Crippen molar-refractivity contribution in [2.45, 2.75) is 19.0 Å². The van der Waals surface area contributed by atoms with Crippen LogP contribution in [0.1, 0.15) is 15.9 Å². The average Bonchev–Trinajstić information content (AvgIpc) is 3.28. The highest BCUT2D eigenvalue weighted by Crippen LogP contribution is 2.32. The molecule has 0 bridgehead atoms. The number of carbonyl (C=O) groups excluding carboxylic acids is 4. The molecule has 0 saturated carbocycles. The van der Waals surface area contributed by atoms with Crippen molar-refractivity contribution in [3.05, 3.63) is 59.7 Å². The van der Waals surface area contributed by atoms with E-state index in [1.807, 2.05) is 6.92 Å². The molecule has 2 aliphatic heterocycles. The number of amides is 3. The number of rotatable bonds is 5. The third-order valence-corrected chi connectivity index (χ3v) is 5.06. The molecule has 1 saturated heterocycles. The van der Waals surface area contributed by atoms with Crippen LogP contribution in [0.2, 0.25) is 0 Å². The van der Waals surface area contributed by atoms with Gasteiger partial charge in [-0.3, -0.25) is 19.4 Å². The lowest BCUT2D eigenvalue weighted by molar-refractivity contribution is -0.123. The topological polar surface area (TPSA) is 121 Å². The van der Waals surface area contributed by atoms with Gasteiger partial charge in [0.2, 0.25) is 5.91 Å². The lowest BCUT2D eigenvalue weighted by atomic mass is 10.1. The van der Waals surface area contributed by atoms with Crippen molar-refractivity contribution in [2.24, 2.45) is 10.3 Å². The molecule has 10 nitrogen and oxygen atoms in total. The molecule has 158 valence electrons. The van der Waals surface area contributed by atoms with Crippen LogP contribution in [0.4, 0.5) is 11.4 Å². The summed E-state index contributed by atoms with van der Waals surface area (Å²) in [5, 5.41) is 11.6. The van der Waals surface area contributed by atoms with Gasteiger partial charge < -0.3 is 10.1 Å². The van der Waals surface area contributed by atoms with Gasteiger partial charge in [-0.1, -0.05) is 35.1 Å². The van der Waals surface area contributed by atoms with E-state index in [0.717, 1.165) is 10.5 Å². The van der Waals surface area contributed by atoms with E-state index in [1.54, 1.807) is 42.5 Å². The van der Waals surface area contributed by atoms with E-state index in [2.05, 4.69) is 15.7 Å². The van der Waals surface area contributed by atoms with Crippen LogP contribution < -0.4 is 10.2 Å². The van der Waals surface area contributed by atoms with Gasteiger partial charge in [-0.25, -0.2) is 9.69 Å². The Hall–Kier alpha value is -4.08. The number of hydrogen-bond acceptors (Lipinski definition) is 8. The number of anilines is 2. The maximum atomic E-state index is 13.0. The van der Waals surface area contributed by atoms with Crippen LogP contribution in [0.15, 0.2) is 58.9 Å². The molecule has 0 unspecified atom stereocenters. The van der Waals surface area contributed by atoms with Gasteiger partial charge in [0.15, 0.2) is 12.1 Å². The van der Waals surface area contributed by atoms with E-state index >= 15 is 0 Å². The number of para-hydroxylation sites is 1. The lowest BCUT2D eigenvalue weighted by Gasteiger charge is -2.20. The van der Waals surface area contributed by atoms with Crippen LogP contribution in [0.25, 0.3) is 0 Å². The first-order valence-electron chi connectivity index (χ1n) is 9.50. The van der Waals surface area contributed by atoms with Crippen LogP contribution in [0.3, 0.4) is 0 Å². The Morgan fingerprint density at radius 1 is 1.06 bits per heavy atom. The summed E-state index contributed by atoms with van der Waals surface area (Å²) in [6.07, 6.45) is 0. The molecule has 2 aromatic rings. The minimum atomic E-state index is -0.996. The van der Waals surface area contributed by atoms with Crippen LogP contribution in [0.5, 0.6) is 0 Å². The monoisotopic (exact) mass is 421 g/mol. The van der Waals surface area contributed by atoms with Gasteiger partial charge in [-0.05, 0) is 31.2 Å². The van der Waals surface area contributed by atoms with Gasteiger partial charge in [0, 0.05) is 0 Å². The molecule has 1 N–H and O–H groups in total. The molecule has 3 amide bonds. The Morgan fingerprint density at radius 3 is 2.48 bits per heavy atom. The molecule has 2 aromatic carbocycles. The Kier molecular flexibility index (Phi) is 5.20. The molecule has 2 aliphatic rings. The standard InChI is InChI=1S/C21H19N5O5/c1-12-7-9-13(10-8-12)26-19(28)17-18(20(26)29)25(24-23-17)11-16(27)22-15-6-4-3-5-14(15)21(30)31-2/h3-10,17-18H,11H2,1-2H3,(H,22,27)/t17-,18-/m0/s1. The summed E-state index contributed by atoms with van der Waals surface area (Å²) in [6, 6.07) is 11.4. The fourth-order valence-corrected chi connectivity index (χ4v) is 3.52. The van der Waals surface area contributed by atoms with Crippen LogP contribution in [-0.4, -0.2) is 54.4 Å². The fourth-order valence-electron chi connectivity index (χ4n) is 3.52. The van der Waals surface area contributed by atoms with E-state index in [0.29, 0.717) is 5.69 Å². The minimum absolute atomic E-state index is 0.192. The summed E-state index contributed by atoms with van der Waals surface area (Å²) in [5.41, 5.74) is 1.90. The molecular formula is C21H19N5O5. The molecule has 0 aliphatic carbocycles. The zero-order valence-electron chi connectivity index (χ0n) is 16.8. The number of carbonyl (C=O) groups is 4. The summed E-state index contributed by atoms with van der Waals surface area (Å²) in [4.78, 5) is 51.2. The maximum Gasteiger partial charge on any atom is 0.339 e. The third kappa shape index (κ3) is 3.63. The number of ether oxygens (including phenoxy) is 1. The van der Waals surface area contributed by atoms with Crippen molar-refractivity contribution >= 4 is 35.1 Å². The molecule has 2 atom stereocenters. The van der Waals surface area contributed by atoms with Gasteiger partial charge in [0.25, 0.3) is 11.8 Å². The predicted molar refractivity (Wildman–Crippen MR) is 109 cm³/mol. The van der Waals surface area contributed by atoms with E-state index in [1.165, 1.54) is 18.2 Å². The van der Waals surface area contributed by atoms with E-state index in [-0.39, 0.29) is 17.8 Å². The molecular weight excluding hydrogens is 402 g/mol. The molecule has 0 radical (unpaired) electrons. The second-order valence-electron chi connectivity index (χ2n) is 7.12. The Labute approximate surface area is 177 Å². The number of imide groups is 1. The number of benzene rings is 2. The SMILES string of the molecule is COC(=O)c1ccccc1NC(=O)CN1N=N[C@@H]2C(=O)N(c3ccc(C)cc3)C(=O)[C@H]21. The number of nitrogens with zero attached hydrogens (tertiary/aromatic N) is 4. The molecule has 10 heteroatoms. The Morgan fingerprint density at radius 2 is 1.77 bits per heavy atom. The molecule has 31 heavy (non-hydrogen) atoms. The summed E-state index contributed by atoms with van der Waals surface area (Å²) >= 11 is 0. The van der Waals surface area contributed by atoms with Crippen molar-refractivity contribution in [2.75, 3.05) is 23.9 Å². The minimum Gasteiger partial charge on any atom is -0.465 e. The van der Waals surface area contributed by atoms with E-state index < -0.39 is 35.8 Å². The summed E-state index contributed by atoms with van der Waals surface area (Å²) in [5.74, 6) is -2.10. The highest BCUT2D eigenvalue weighted by molar-refractivity contribution is 6.25. The van der Waals surface area contributed by atoms with Crippen LogP contribution in [0, 0.1) is 6.92 Å². The highest BCUT2D eigenvalue weighted by atomic mass is 16.5. The van der Waals surface area contributed by atoms with Crippen molar-refractivity contribution < 1.29 is 23.9 Å². The number of nitrogens with one attached hydrogen (secondary N) is 1. The smallest absolute Gasteiger partial charge is 0.339 e. The van der Waals surface area contributed by atoms with Gasteiger partial charge >= 0.3 is 5.97 Å². The molecule has 4 rings (SSSR count).